The quantitative estimate of drug-likeness (QED) is 0.127. The SMILES string of the molecule is [N-]=[N+]=Nc1cccc(C(=C=C(c2ccccc2)c2cccc(N=[N+]=[N-])c2)c2ccccc2)c1. The van der Waals surface area contributed by atoms with Crippen LogP contribution in [0.15, 0.2) is 125 Å². The summed E-state index contributed by atoms with van der Waals surface area (Å²) in [5.41, 5.74) is 27.8. The minimum Gasteiger partial charge on any atom is -0.102 e. The fourth-order valence-corrected chi connectivity index (χ4v) is 3.51. The summed E-state index contributed by atoms with van der Waals surface area (Å²) in [6.07, 6.45) is 0. The van der Waals surface area contributed by atoms with E-state index in [1.807, 2.05) is 97.1 Å². The van der Waals surface area contributed by atoms with Gasteiger partial charge < -0.3 is 0 Å². The predicted octanol–water partition coefficient (Wildman–Crippen LogP) is 8.73. The van der Waals surface area contributed by atoms with Gasteiger partial charge in [0.2, 0.25) is 0 Å². The van der Waals surface area contributed by atoms with Gasteiger partial charge in [-0.05, 0) is 45.4 Å². The highest BCUT2D eigenvalue weighted by atomic mass is 15.1. The van der Waals surface area contributed by atoms with Crippen LogP contribution in [0.25, 0.3) is 32.0 Å². The third-order valence-corrected chi connectivity index (χ3v) is 4.96. The van der Waals surface area contributed by atoms with Crippen LogP contribution in [-0.4, -0.2) is 0 Å². The standard InChI is InChI=1S/C27H18N6/c28-32-30-24-15-7-13-22(17-24)26(20-9-3-1-4-10-20)19-27(21-11-5-2-6-12-21)23-14-8-16-25(18-23)31-33-29/h1-18H. The lowest BCUT2D eigenvalue weighted by Crippen LogP contribution is -1.90. The van der Waals surface area contributed by atoms with Crippen LogP contribution in [0, 0.1) is 0 Å². The largest absolute Gasteiger partial charge is 0.102 e. The van der Waals surface area contributed by atoms with Crippen molar-refractivity contribution in [1.82, 2.24) is 0 Å². The maximum absolute atomic E-state index is 8.88. The van der Waals surface area contributed by atoms with E-state index in [4.69, 9.17) is 11.1 Å². The van der Waals surface area contributed by atoms with Crippen molar-refractivity contribution in [3.63, 3.8) is 0 Å². The van der Waals surface area contributed by atoms with Crippen molar-refractivity contribution in [2.75, 3.05) is 0 Å². The first-order valence-electron chi connectivity index (χ1n) is 10.2. The molecule has 0 spiro atoms. The molecule has 0 N–H and O–H groups in total. The zero-order valence-electron chi connectivity index (χ0n) is 17.6. The van der Waals surface area contributed by atoms with Gasteiger partial charge in [0.05, 0.1) is 0 Å². The summed E-state index contributed by atoms with van der Waals surface area (Å²) in [7, 11) is 0. The smallest absolute Gasteiger partial charge is 0.0381 e. The van der Waals surface area contributed by atoms with Crippen molar-refractivity contribution < 1.29 is 0 Å². The molecule has 0 radical (unpaired) electrons. The van der Waals surface area contributed by atoms with Crippen molar-refractivity contribution in [3.8, 4) is 0 Å². The molecule has 6 heteroatoms. The van der Waals surface area contributed by atoms with Crippen molar-refractivity contribution >= 4 is 22.5 Å². The van der Waals surface area contributed by atoms with Gasteiger partial charge in [0.15, 0.2) is 0 Å². The molecule has 6 nitrogen and oxygen atoms in total. The maximum atomic E-state index is 8.88. The van der Waals surface area contributed by atoms with Gasteiger partial charge in [0, 0.05) is 32.3 Å². The molecule has 0 saturated carbocycles. The first-order valence-corrected chi connectivity index (χ1v) is 10.2. The third-order valence-electron chi connectivity index (χ3n) is 4.96. The van der Waals surface area contributed by atoms with Crippen molar-refractivity contribution in [2.45, 2.75) is 0 Å². The number of rotatable bonds is 6. The van der Waals surface area contributed by atoms with E-state index in [2.05, 4.69) is 25.8 Å². The minimum atomic E-state index is 0.525. The average Bonchev–Trinajstić information content (AvgIpc) is 2.86. The summed E-state index contributed by atoms with van der Waals surface area (Å²) in [5, 5.41) is 7.51. The molecule has 33 heavy (non-hydrogen) atoms. The van der Waals surface area contributed by atoms with E-state index in [0.717, 1.165) is 33.4 Å². The monoisotopic (exact) mass is 426 g/mol. The van der Waals surface area contributed by atoms with Crippen LogP contribution in [0.5, 0.6) is 0 Å². The predicted molar refractivity (Wildman–Crippen MR) is 132 cm³/mol. The zero-order valence-corrected chi connectivity index (χ0v) is 17.6. The van der Waals surface area contributed by atoms with E-state index < -0.39 is 0 Å². The summed E-state index contributed by atoms with van der Waals surface area (Å²) in [5.74, 6) is 0. The van der Waals surface area contributed by atoms with Gasteiger partial charge in [-0.1, -0.05) is 107 Å². The van der Waals surface area contributed by atoms with E-state index >= 15 is 0 Å². The third kappa shape index (κ3) is 5.20. The lowest BCUT2D eigenvalue weighted by molar-refractivity contribution is 1.45. The number of nitrogens with zero attached hydrogens (tertiary/aromatic N) is 6. The van der Waals surface area contributed by atoms with Crippen LogP contribution in [0.3, 0.4) is 0 Å². The number of benzene rings is 4. The number of azide groups is 2. The van der Waals surface area contributed by atoms with Gasteiger partial charge >= 0.3 is 0 Å². The molecule has 0 atom stereocenters. The molecule has 0 amide bonds. The van der Waals surface area contributed by atoms with Crippen LogP contribution in [0.2, 0.25) is 0 Å². The first-order chi connectivity index (χ1) is 16.3. The summed E-state index contributed by atoms with van der Waals surface area (Å²) >= 11 is 0. The molecule has 0 aliphatic heterocycles. The van der Waals surface area contributed by atoms with Crippen LogP contribution in [0.4, 0.5) is 11.4 Å². The minimum absolute atomic E-state index is 0.525. The topological polar surface area (TPSA) is 97.5 Å². The van der Waals surface area contributed by atoms with Crippen LogP contribution in [-0.2, 0) is 0 Å². The van der Waals surface area contributed by atoms with Crippen molar-refractivity contribution in [1.29, 1.82) is 0 Å². The van der Waals surface area contributed by atoms with Crippen molar-refractivity contribution in [2.24, 2.45) is 10.2 Å². The Morgan fingerprint density at radius 2 is 0.909 bits per heavy atom. The molecule has 156 valence electrons. The van der Waals surface area contributed by atoms with E-state index in [-0.39, 0.29) is 0 Å². The van der Waals surface area contributed by atoms with Gasteiger partial charge in [-0.25, -0.2) is 0 Å². The van der Waals surface area contributed by atoms with Crippen LogP contribution >= 0.6 is 0 Å². The Hall–Kier alpha value is -4.98. The van der Waals surface area contributed by atoms with Gasteiger partial charge in [-0.2, -0.15) is 0 Å². The molecule has 0 aromatic heterocycles. The van der Waals surface area contributed by atoms with E-state index in [0.29, 0.717) is 11.4 Å². The Labute approximate surface area is 191 Å². The van der Waals surface area contributed by atoms with Gasteiger partial charge in [0.25, 0.3) is 0 Å². The van der Waals surface area contributed by atoms with Gasteiger partial charge in [-0.15, -0.1) is 5.73 Å². The fourth-order valence-electron chi connectivity index (χ4n) is 3.51. The second kappa shape index (κ2) is 10.4. The molecule has 0 heterocycles. The lowest BCUT2D eigenvalue weighted by atomic mass is 9.93. The number of hydrogen-bond acceptors (Lipinski definition) is 2. The highest BCUT2D eigenvalue weighted by Crippen LogP contribution is 2.31. The summed E-state index contributed by atoms with van der Waals surface area (Å²) in [6.45, 7) is 0. The molecule has 4 aromatic rings. The Balaban J connectivity index is 2.08. The van der Waals surface area contributed by atoms with Crippen LogP contribution < -0.4 is 0 Å². The van der Waals surface area contributed by atoms with Crippen LogP contribution in [0.1, 0.15) is 22.3 Å². The Morgan fingerprint density at radius 3 is 1.30 bits per heavy atom. The first kappa shape index (κ1) is 21.3. The molecule has 0 aliphatic carbocycles. The second-order valence-corrected chi connectivity index (χ2v) is 7.09. The molecule has 0 aliphatic rings. The molecule has 4 rings (SSSR count). The van der Waals surface area contributed by atoms with E-state index in [9.17, 15) is 0 Å². The average molecular weight is 426 g/mol. The molecular weight excluding hydrogens is 408 g/mol. The fraction of sp³-hybridized carbons (Fsp3) is 0. The number of hydrogen-bond donors (Lipinski definition) is 0. The Morgan fingerprint density at radius 1 is 0.515 bits per heavy atom. The molecular formula is C27H18N6. The zero-order chi connectivity index (χ0) is 22.9. The molecule has 0 fully saturated rings. The summed E-state index contributed by atoms with van der Waals surface area (Å²) in [6, 6.07) is 34.7. The molecule has 0 saturated heterocycles. The van der Waals surface area contributed by atoms with E-state index in [1.54, 1.807) is 12.1 Å². The maximum Gasteiger partial charge on any atom is 0.0381 e. The van der Waals surface area contributed by atoms with Gasteiger partial charge in [0.1, 0.15) is 0 Å². The summed E-state index contributed by atoms with van der Waals surface area (Å²) in [4.78, 5) is 5.83. The second-order valence-electron chi connectivity index (χ2n) is 7.09. The van der Waals surface area contributed by atoms with E-state index in [1.165, 1.54) is 0 Å². The Bertz CT molecular complexity index is 1330. The summed E-state index contributed by atoms with van der Waals surface area (Å²) < 4.78 is 0. The highest BCUT2D eigenvalue weighted by Gasteiger charge is 2.10. The van der Waals surface area contributed by atoms with Gasteiger partial charge in [-0.3, -0.25) is 0 Å². The van der Waals surface area contributed by atoms with Crippen molar-refractivity contribution in [3.05, 3.63) is 158 Å². The molecule has 0 unspecified atom stereocenters. The highest BCUT2D eigenvalue weighted by molar-refractivity contribution is 5.89. The molecule has 4 aromatic carbocycles. The Kier molecular flexibility index (Phi) is 6.67. The lowest BCUT2D eigenvalue weighted by Gasteiger charge is -2.11. The molecule has 0 bridgehead atoms. The normalized spacial score (nSPS) is 9.70.